The number of hydrogen-bond donors (Lipinski definition) is 2. The van der Waals surface area contributed by atoms with Crippen LogP contribution in [0, 0.1) is 0 Å². The van der Waals surface area contributed by atoms with Gasteiger partial charge in [-0.05, 0) is 18.2 Å². The molecular formula is C16H17ClN2O3. The minimum absolute atomic E-state index is 0.252. The van der Waals surface area contributed by atoms with E-state index in [1.807, 2.05) is 6.07 Å². The van der Waals surface area contributed by atoms with E-state index in [0.29, 0.717) is 40.9 Å². The average molecular weight is 321 g/mol. The lowest BCUT2D eigenvalue weighted by atomic mass is 10.2. The molecule has 3 N–H and O–H groups in total. The SMILES string of the molecule is COCCOc1cc(N)c(Cl)cc1NC(=O)c1ccccc1. The van der Waals surface area contributed by atoms with E-state index in [9.17, 15) is 4.79 Å². The van der Waals surface area contributed by atoms with E-state index < -0.39 is 0 Å². The van der Waals surface area contributed by atoms with E-state index in [1.165, 1.54) is 0 Å². The number of halogens is 1. The Labute approximate surface area is 134 Å². The van der Waals surface area contributed by atoms with Crippen molar-refractivity contribution in [1.82, 2.24) is 0 Å². The van der Waals surface area contributed by atoms with Crippen molar-refractivity contribution in [3.63, 3.8) is 0 Å². The molecule has 0 aliphatic carbocycles. The first-order valence-electron chi connectivity index (χ1n) is 6.69. The Bertz CT molecular complexity index is 647. The first-order chi connectivity index (χ1) is 10.6. The highest BCUT2D eigenvalue weighted by molar-refractivity contribution is 6.33. The van der Waals surface area contributed by atoms with Gasteiger partial charge in [0, 0.05) is 18.7 Å². The third kappa shape index (κ3) is 4.13. The number of rotatable bonds is 6. The summed E-state index contributed by atoms with van der Waals surface area (Å²) in [6.45, 7) is 0.764. The number of nitrogen functional groups attached to an aromatic ring is 1. The molecule has 0 radical (unpaired) electrons. The largest absolute Gasteiger partial charge is 0.489 e. The van der Waals surface area contributed by atoms with Crippen LogP contribution in [0.25, 0.3) is 0 Å². The molecule has 1 amide bonds. The van der Waals surface area contributed by atoms with Crippen LogP contribution in [0.5, 0.6) is 5.75 Å². The number of carbonyl (C=O) groups excluding carboxylic acids is 1. The zero-order valence-electron chi connectivity index (χ0n) is 12.1. The standard InChI is InChI=1S/C16H17ClN2O3/c1-21-7-8-22-15-10-13(18)12(17)9-14(15)19-16(20)11-5-3-2-4-6-11/h2-6,9-10H,7-8,18H2,1H3,(H,19,20). The molecule has 2 rings (SSSR count). The second-order valence-corrected chi connectivity index (χ2v) is 4.94. The predicted octanol–water partition coefficient (Wildman–Crippen LogP) is 3.20. The Kier molecular flexibility index (Phi) is 5.63. The lowest BCUT2D eigenvalue weighted by Gasteiger charge is -2.14. The highest BCUT2D eigenvalue weighted by Gasteiger charge is 2.12. The van der Waals surface area contributed by atoms with Gasteiger partial charge in [-0.15, -0.1) is 0 Å². The first kappa shape index (κ1) is 16.1. The van der Waals surface area contributed by atoms with Gasteiger partial charge in [-0.1, -0.05) is 29.8 Å². The van der Waals surface area contributed by atoms with Gasteiger partial charge in [0.25, 0.3) is 5.91 Å². The summed E-state index contributed by atoms with van der Waals surface area (Å²) in [5, 5.41) is 3.13. The van der Waals surface area contributed by atoms with E-state index in [4.69, 9.17) is 26.8 Å². The lowest BCUT2D eigenvalue weighted by Crippen LogP contribution is -2.14. The smallest absolute Gasteiger partial charge is 0.255 e. The van der Waals surface area contributed by atoms with Crippen molar-refractivity contribution in [3.05, 3.63) is 53.1 Å². The zero-order valence-corrected chi connectivity index (χ0v) is 12.9. The van der Waals surface area contributed by atoms with Gasteiger partial charge < -0.3 is 20.5 Å². The summed E-state index contributed by atoms with van der Waals surface area (Å²) in [6, 6.07) is 12.0. The summed E-state index contributed by atoms with van der Waals surface area (Å²) in [5.74, 6) is 0.196. The number of carbonyl (C=O) groups is 1. The summed E-state index contributed by atoms with van der Waals surface area (Å²) in [4.78, 5) is 12.2. The maximum Gasteiger partial charge on any atom is 0.255 e. The maximum atomic E-state index is 12.2. The molecule has 0 atom stereocenters. The van der Waals surface area contributed by atoms with Crippen LogP contribution in [-0.2, 0) is 4.74 Å². The molecule has 0 heterocycles. The molecule has 0 fully saturated rings. The minimum Gasteiger partial charge on any atom is -0.489 e. The Morgan fingerprint density at radius 3 is 2.64 bits per heavy atom. The van der Waals surface area contributed by atoms with Gasteiger partial charge >= 0.3 is 0 Å². The van der Waals surface area contributed by atoms with Crippen molar-refractivity contribution in [3.8, 4) is 5.75 Å². The van der Waals surface area contributed by atoms with Crippen molar-refractivity contribution in [2.45, 2.75) is 0 Å². The van der Waals surface area contributed by atoms with Crippen LogP contribution in [0.1, 0.15) is 10.4 Å². The normalized spacial score (nSPS) is 10.3. The van der Waals surface area contributed by atoms with Crippen molar-refractivity contribution < 1.29 is 14.3 Å². The lowest BCUT2D eigenvalue weighted by molar-refractivity contribution is 0.102. The van der Waals surface area contributed by atoms with E-state index in [2.05, 4.69) is 5.32 Å². The van der Waals surface area contributed by atoms with Gasteiger partial charge in [-0.25, -0.2) is 0 Å². The molecule has 0 aliphatic heterocycles. The number of nitrogens with one attached hydrogen (secondary N) is 1. The average Bonchev–Trinajstić information content (AvgIpc) is 2.53. The quantitative estimate of drug-likeness (QED) is 0.633. The van der Waals surface area contributed by atoms with E-state index in [-0.39, 0.29) is 5.91 Å². The second-order valence-electron chi connectivity index (χ2n) is 4.53. The Hall–Kier alpha value is -2.24. The van der Waals surface area contributed by atoms with Gasteiger partial charge in [0.1, 0.15) is 12.4 Å². The van der Waals surface area contributed by atoms with Gasteiger partial charge in [-0.3, -0.25) is 4.79 Å². The topological polar surface area (TPSA) is 73.6 Å². The van der Waals surface area contributed by atoms with Crippen LogP contribution in [0.15, 0.2) is 42.5 Å². The summed E-state index contributed by atoms with van der Waals surface area (Å²) < 4.78 is 10.5. The molecule has 2 aromatic carbocycles. The fourth-order valence-electron chi connectivity index (χ4n) is 1.81. The molecule has 0 aliphatic rings. The van der Waals surface area contributed by atoms with Crippen LogP contribution in [-0.4, -0.2) is 26.2 Å². The summed E-state index contributed by atoms with van der Waals surface area (Å²) in [5.41, 5.74) is 7.16. The van der Waals surface area contributed by atoms with Crippen LogP contribution in [0.2, 0.25) is 5.02 Å². The molecule has 0 bridgehead atoms. The summed E-state index contributed by atoms with van der Waals surface area (Å²) >= 11 is 6.02. The molecule has 2 aromatic rings. The number of ether oxygens (including phenoxy) is 2. The van der Waals surface area contributed by atoms with Crippen LogP contribution < -0.4 is 15.8 Å². The molecule has 6 heteroatoms. The molecule has 0 saturated heterocycles. The third-order valence-electron chi connectivity index (χ3n) is 2.93. The fourth-order valence-corrected chi connectivity index (χ4v) is 1.97. The Balaban J connectivity index is 2.21. The molecule has 0 unspecified atom stereocenters. The number of amides is 1. The zero-order chi connectivity index (χ0) is 15.9. The molecular weight excluding hydrogens is 304 g/mol. The molecule has 0 spiro atoms. The van der Waals surface area contributed by atoms with Gasteiger partial charge in [0.15, 0.2) is 0 Å². The Morgan fingerprint density at radius 1 is 1.23 bits per heavy atom. The fraction of sp³-hybridized carbons (Fsp3) is 0.188. The van der Waals surface area contributed by atoms with Crippen molar-refractivity contribution in [2.75, 3.05) is 31.4 Å². The van der Waals surface area contributed by atoms with E-state index in [1.54, 1.807) is 43.5 Å². The predicted molar refractivity (Wildman–Crippen MR) is 87.6 cm³/mol. The number of hydrogen-bond acceptors (Lipinski definition) is 4. The highest BCUT2D eigenvalue weighted by atomic mass is 35.5. The Morgan fingerprint density at radius 2 is 1.95 bits per heavy atom. The first-order valence-corrected chi connectivity index (χ1v) is 7.06. The van der Waals surface area contributed by atoms with Crippen LogP contribution in [0.4, 0.5) is 11.4 Å². The molecule has 5 nitrogen and oxygen atoms in total. The van der Waals surface area contributed by atoms with Crippen molar-refractivity contribution in [1.29, 1.82) is 0 Å². The number of nitrogens with two attached hydrogens (primary N) is 1. The summed E-state index contributed by atoms with van der Waals surface area (Å²) in [6.07, 6.45) is 0. The van der Waals surface area contributed by atoms with Crippen molar-refractivity contribution in [2.24, 2.45) is 0 Å². The minimum atomic E-state index is -0.252. The molecule has 116 valence electrons. The summed E-state index contributed by atoms with van der Waals surface area (Å²) in [7, 11) is 1.58. The van der Waals surface area contributed by atoms with E-state index >= 15 is 0 Å². The molecule has 0 saturated carbocycles. The second kappa shape index (κ2) is 7.68. The van der Waals surface area contributed by atoms with Crippen molar-refractivity contribution >= 4 is 28.9 Å². The van der Waals surface area contributed by atoms with Gasteiger partial charge in [-0.2, -0.15) is 0 Å². The van der Waals surface area contributed by atoms with Crippen LogP contribution in [0.3, 0.4) is 0 Å². The molecule has 22 heavy (non-hydrogen) atoms. The number of benzene rings is 2. The number of anilines is 2. The molecule has 0 aromatic heterocycles. The van der Waals surface area contributed by atoms with Gasteiger partial charge in [0.2, 0.25) is 0 Å². The monoisotopic (exact) mass is 320 g/mol. The van der Waals surface area contributed by atoms with E-state index in [0.717, 1.165) is 0 Å². The van der Waals surface area contributed by atoms with Crippen LogP contribution >= 0.6 is 11.6 Å². The number of methoxy groups -OCH3 is 1. The third-order valence-corrected chi connectivity index (χ3v) is 3.26. The maximum absolute atomic E-state index is 12.2. The highest BCUT2D eigenvalue weighted by Crippen LogP contribution is 2.33. The van der Waals surface area contributed by atoms with Gasteiger partial charge in [0.05, 0.1) is 23.0 Å².